The van der Waals surface area contributed by atoms with E-state index in [4.69, 9.17) is 9.47 Å². The fourth-order valence-electron chi connectivity index (χ4n) is 3.33. The van der Waals surface area contributed by atoms with Crippen molar-refractivity contribution in [3.8, 4) is 0 Å². The molecular weight excluding hydrogens is 336 g/mol. The number of carbonyl (C=O) groups excluding carboxylic acids is 1. The molecule has 3 nitrogen and oxygen atoms in total. The number of allylic oxidation sites excluding steroid dienone is 1. The van der Waals surface area contributed by atoms with Gasteiger partial charge in [0.2, 0.25) is 0 Å². The molecule has 0 radical (unpaired) electrons. The predicted molar refractivity (Wildman–Crippen MR) is 116 cm³/mol. The lowest BCUT2D eigenvalue weighted by Gasteiger charge is -2.05. The van der Waals surface area contributed by atoms with Gasteiger partial charge in [0.05, 0.1) is 6.61 Å². The van der Waals surface area contributed by atoms with Crippen molar-refractivity contribution >= 4 is 6.16 Å². The quantitative estimate of drug-likeness (QED) is 0.120. The molecule has 0 aromatic carbocycles. The van der Waals surface area contributed by atoms with Gasteiger partial charge < -0.3 is 9.47 Å². The Morgan fingerprint density at radius 1 is 0.630 bits per heavy atom. The number of hydrogen-bond acceptors (Lipinski definition) is 3. The Labute approximate surface area is 169 Å². The zero-order valence-corrected chi connectivity index (χ0v) is 18.4. The van der Waals surface area contributed by atoms with E-state index < -0.39 is 6.16 Å². The van der Waals surface area contributed by atoms with Gasteiger partial charge in [0, 0.05) is 0 Å². The average Bonchev–Trinajstić information content (AvgIpc) is 2.63. The summed E-state index contributed by atoms with van der Waals surface area (Å²) in [4.78, 5) is 11.1. The number of unbranched alkanes of at least 4 members (excludes halogenated alkanes) is 17. The van der Waals surface area contributed by atoms with Crippen LogP contribution < -0.4 is 0 Å². The molecule has 0 rings (SSSR count). The maximum atomic E-state index is 11.1. The molecule has 0 spiro atoms. The minimum atomic E-state index is -0.630. The summed E-state index contributed by atoms with van der Waals surface area (Å²) >= 11 is 0. The van der Waals surface area contributed by atoms with E-state index in [0.29, 0.717) is 12.4 Å². The highest BCUT2D eigenvalue weighted by Gasteiger charge is 2.03. The van der Waals surface area contributed by atoms with Gasteiger partial charge >= 0.3 is 6.16 Å². The van der Waals surface area contributed by atoms with Crippen LogP contribution in [-0.4, -0.2) is 12.8 Å². The molecule has 0 aromatic heterocycles. The SMILES string of the molecule is C=C(C)OC(=O)OCCCCCCCCCCCCCCCCCCCC. The van der Waals surface area contributed by atoms with Crippen molar-refractivity contribution in [2.45, 2.75) is 129 Å². The topological polar surface area (TPSA) is 35.5 Å². The average molecular weight is 383 g/mol. The fraction of sp³-hybridized carbons (Fsp3) is 0.875. The van der Waals surface area contributed by atoms with Crippen molar-refractivity contribution in [1.29, 1.82) is 0 Å². The monoisotopic (exact) mass is 382 g/mol. The molecule has 27 heavy (non-hydrogen) atoms. The zero-order chi connectivity index (χ0) is 20.0. The first-order chi connectivity index (χ1) is 13.2. The minimum absolute atomic E-state index is 0.373. The number of hydrogen-bond donors (Lipinski definition) is 0. The van der Waals surface area contributed by atoms with E-state index in [1.54, 1.807) is 6.92 Å². The third-order valence-corrected chi connectivity index (χ3v) is 4.98. The number of rotatable bonds is 20. The van der Waals surface area contributed by atoms with Gasteiger partial charge in [0.25, 0.3) is 0 Å². The molecule has 0 N–H and O–H groups in total. The van der Waals surface area contributed by atoms with Gasteiger partial charge in [-0.25, -0.2) is 4.79 Å². The highest BCUT2D eigenvalue weighted by molar-refractivity contribution is 5.61. The molecule has 0 saturated heterocycles. The Hall–Kier alpha value is -0.990. The zero-order valence-electron chi connectivity index (χ0n) is 18.4. The van der Waals surface area contributed by atoms with Crippen LogP contribution in [0.15, 0.2) is 12.3 Å². The van der Waals surface area contributed by atoms with Gasteiger partial charge in [-0.1, -0.05) is 123 Å². The standard InChI is InChI=1S/C24H46O3/c1-4-5-6-7-8-9-10-11-12-13-14-15-16-17-18-19-20-21-22-26-24(25)27-23(2)3/h2,4-22H2,1,3H3. The first kappa shape index (κ1) is 26.0. The Bertz CT molecular complexity index is 339. The van der Waals surface area contributed by atoms with Crippen molar-refractivity contribution in [2.24, 2.45) is 0 Å². The molecule has 0 saturated carbocycles. The highest BCUT2D eigenvalue weighted by atomic mass is 16.7. The molecule has 0 aromatic rings. The van der Waals surface area contributed by atoms with Gasteiger partial charge in [-0.3, -0.25) is 0 Å². The number of carbonyl (C=O) groups is 1. The lowest BCUT2D eigenvalue weighted by Crippen LogP contribution is -2.06. The molecule has 0 unspecified atom stereocenters. The van der Waals surface area contributed by atoms with E-state index in [2.05, 4.69) is 13.5 Å². The Kier molecular flexibility index (Phi) is 20.5. The Morgan fingerprint density at radius 3 is 1.30 bits per heavy atom. The molecular formula is C24H46O3. The predicted octanol–water partition coefficient (Wildman–Crippen LogP) is 8.71. The van der Waals surface area contributed by atoms with Crippen LogP contribution in [0.4, 0.5) is 4.79 Å². The maximum Gasteiger partial charge on any atom is 0.513 e. The molecule has 0 amide bonds. The summed E-state index contributed by atoms with van der Waals surface area (Å²) in [5.41, 5.74) is 0. The first-order valence-electron chi connectivity index (χ1n) is 11.7. The van der Waals surface area contributed by atoms with Crippen LogP contribution in [0.5, 0.6) is 0 Å². The second kappa shape index (κ2) is 21.3. The maximum absolute atomic E-state index is 11.1. The van der Waals surface area contributed by atoms with Crippen molar-refractivity contribution in [3.05, 3.63) is 12.3 Å². The normalized spacial score (nSPS) is 10.7. The molecule has 0 atom stereocenters. The lowest BCUT2D eigenvalue weighted by molar-refractivity contribution is 0.0763. The van der Waals surface area contributed by atoms with Crippen LogP contribution in [0, 0.1) is 0 Å². The largest absolute Gasteiger partial charge is 0.513 e. The smallest absolute Gasteiger partial charge is 0.434 e. The van der Waals surface area contributed by atoms with Crippen LogP contribution in [0.2, 0.25) is 0 Å². The van der Waals surface area contributed by atoms with Crippen molar-refractivity contribution in [2.75, 3.05) is 6.61 Å². The Morgan fingerprint density at radius 2 is 0.963 bits per heavy atom. The van der Waals surface area contributed by atoms with Gasteiger partial charge in [0.1, 0.15) is 5.76 Å². The summed E-state index contributed by atoms with van der Waals surface area (Å²) in [6.07, 6.45) is 23.8. The molecule has 0 aliphatic rings. The van der Waals surface area contributed by atoms with Gasteiger partial charge in [-0.2, -0.15) is 0 Å². The van der Waals surface area contributed by atoms with Crippen molar-refractivity contribution in [3.63, 3.8) is 0 Å². The summed E-state index contributed by atoms with van der Waals surface area (Å²) in [5, 5.41) is 0. The van der Waals surface area contributed by atoms with Gasteiger partial charge in [-0.15, -0.1) is 0 Å². The number of ether oxygens (including phenoxy) is 2. The lowest BCUT2D eigenvalue weighted by atomic mass is 10.0. The molecule has 0 aliphatic heterocycles. The van der Waals surface area contributed by atoms with E-state index in [1.807, 2.05) is 0 Å². The third-order valence-electron chi connectivity index (χ3n) is 4.98. The summed E-state index contributed by atoms with van der Waals surface area (Å²) in [7, 11) is 0. The van der Waals surface area contributed by atoms with Crippen LogP contribution in [-0.2, 0) is 9.47 Å². The van der Waals surface area contributed by atoms with E-state index in [0.717, 1.165) is 12.8 Å². The molecule has 0 fully saturated rings. The Balaban J connectivity index is 3.07. The van der Waals surface area contributed by atoms with Crippen LogP contribution in [0.25, 0.3) is 0 Å². The van der Waals surface area contributed by atoms with E-state index in [1.165, 1.54) is 103 Å². The second-order valence-corrected chi connectivity index (χ2v) is 7.91. The van der Waals surface area contributed by atoms with Gasteiger partial charge in [0.15, 0.2) is 0 Å². The third kappa shape index (κ3) is 23.0. The van der Waals surface area contributed by atoms with Crippen LogP contribution >= 0.6 is 0 Å². The summed E-state index contributed by atoms with van der Waals surface area (Å²) in [6, 6.07) is 0. The fourth-order valence-corrected chi connectivity index (χ4v) is 3.33. The molecule has 0 aliphatic carbocycles. The van der Waals surface area contributed by atoms with Crippen molar-refractivity contribution in [1.82, 2.24) is 0 Å². The highest BCUT2D eigenvalue weighted by Crippen LogP contribution is 2.14. The molecule has 160 valence electrons. The molecule has 3 heteroatoms. The summed E-state index contributed by atoms with van der Waals surface area (Å²) < 4.78 is 9.69. The molecule has 0 heterocycles. The van der Waals surface area contributed by atoms with Crippen LogP contribution in [0.3, 0.4) is 0 Å². The van der Waals surface area contributed by atoms with E-state index in [-0.39, 0.29) is 0 Å². The summed E-state index contributed by atoms with van der Waals surface area (Å²) in [5.74, 6) is 0.373. The summed E-state index contributed by atoms with van der Waals surface area (Å²) in [6.45, 7) is 7.87. The minimum Gasteiger partial charge on any atom is -0.434 e. The molecule has 0 bridgehead atoms. The van der Waals surface area contributed by atoms with E-state index >= 15 is 0 Å². The van der Waals surface area contributed by atoms with Gasteiger partial charge in [-0.05, 0) is 13.3 Å². The first-order valence-corrected chi connectivity index (χ1v) is 11.7. The van der Waals surface area contributed by atoms with E-state index in [9.17, 15) is 4.79 Å². The second-order valence-electron chi connectivity index (χ2n) is 7.91. The van der Waals surface area contributed by atoms with Crippen LogP contribution in [0.1, 0.15) is 129 Å². The van der Waals surface area contributed by atoms with Crippen molar-refractivity contribution < 1.29 is 14.3 Å².